The van der Waals surface area contributed by atoms with Crippen molar-refractivity contribution in [1.82, 2.24) is 9.88 Å². The van der Waals surface area contributed by atoms with Gasteiger partial charge in [-0.1, -0.05) is 42.5 Å². The zero-order valence-corrected chi connectivity index (χ0v) is 15.9. The molecule has 1 aromatic heterocycles. The summed E-state index contributed by atoms with van der Waals surface area (Å²) >= 11 is 0. The third-order valence-electron chi connectivity index (χ3n) is 6.75. The lowest BCUT2D eigenvalue weighted by atomic mass is 9.90. The van der Waals surface area contributed by atoms with Crippen molar-refractivity contribution < 1.29 is 14.3 Å². The van der Waals surface area contributed by atoms with Gasteiger partial charge in [-0.25, -0.2) is 4.79 Å². The topological polar surface area (TPSA) is 59.5 Å². The van der Waals surface area contributed by atoms with Gasteiger partial charge in [0.2, 0.25) is 5.91 Å². The minimum atomic E-state index is -0.698. The summed E-state index contributed by atoms with van der Waals surface area (Å²) in [6.45, 7) is 1.02. The van der Waals surface area contributed by atoms with Crippen LogP contribution in [0.5, 0.6) is 0 Å². The van der Waals surface area contributed by atoms with Gasteiger partial charge < -0.3 is 9.64 Å². The van der Waals surface area contributed by atoms with Crippen LogP contribution in [0.2, 0.25) is 0 Å². The first kappa shape index (κ1) is 16.7. The highest BCUT2D eigenvalue weighted by atomic mass is 16.6. The second kappa shape index (κ2) is 5.66. The fraction of sp³-hybridized carbons (Fsp3) is 0.292. The molecule has 5 heteroatoms. The summed E-state index contributed by atoms with van der Waals surface area (Å²) < 4.78 is 5.82. The molecule has 0 bridgehead atoms. The van der Waals surface area contributed by atoms with Gasteiger partial charge in [0.15, 0.2) is 5.60 Å². The Labute approximate surface area is 168 Å². The number of pyridine rings is 1. The molecule has 3 aliphatic rings. The number of benzene rings is 2. The van der Waals surface area contributed by atoms with E-state index >= 15 is 0 Å². The fourth-order valence-corrected chi connectivity index (χ4v) is 5.12. The molecule has 29 heavy (non-hydrogen) atoms. The molecule has 1 atom stereocenters. The molecule has 1 unspecified atom stereocenters. The molecular weight excluding hydrogens is 364 g/mol. The third-order valence-corrected chi connectivity index (χ3v) is 6.75. The molecule has 3 aromatic rings. The number of fused-ring (bicyclic) bond motifs is 3. The summed E-state index contributed by atoms with van der Waals surface area (Å²) in [6, 6.07) is 17.6. The summed E-state index contributed by atoms with van der Waals surface area (Å²) in [4.78, 5) is 32.5. The van der Waals surface area contributed by atoms with E-state index in [0.717, 1.165) is 34.9 Å². The Bertz CT molecular complexity index is 1180. The van der Waals surface area contributed by atoms with Crippen molar-refractivity contribution in [2.45, 2.75) is 30.3 Å². The van der Waals surface area contributed by atoms with Crippen LogP contribution < -0.4 is 0 Å². The molecule has 0 N–H and O–H groups in total. The van der Waals surface area contributed by atoms with Crippen LogP contribution in [-0.4, -0.2) is 34.8 Å². The van der Waals surface area contributed by atoms with Crippen molar-refractivity contribution in [3.05, 3.63) is 77.5 Å². The number of carbonyl (C=O) groups excluding carboxylic acids is 2. The van der Waals surface area contributed by atoms with Crippen LogP contribution >= 0.6 is 0 Å². The molecule has 1 aliphatic carbocycles. The van der Waals surface area contributed by atoms with Crippen LogP contribution in [0, 0.1) is 0 Å². The van der Waals surface area contributed by atoms with Gasteiger partial charge >= 0.3 is 5.97 Å². The Morgan fingerprint density at radius 3 is 2.62 bits per heavy atom. The average Bonchev–Trinajstić information content (AvgIpc) is 3.39. The van der Waals surface area contributed by atoms with Gasteiger partial charge in [-0.3, -0.25) is 9.78 Å². The number of esters is 1. The van der Waals surface area contributed by atoms with Crippen LogP contribution in [0.15, 0.2) is 60.8 Å². The molecule has 1 saturated heterocycles. The zero-order valence-electron chi connectivity index (χ0n) is 15.9. The number of para-hydroxylation sites is 1. The van der Waals surface area contributed by atoms with E-state index in [1.165, 1.54) is 0 Å². The normalized spacial score (nSPS) is 24.0. The van der Waals surface area contributed by atoms with E-state index in [1.807, 2.05) is 53.4 Å². The van der Waals surface area contributed by atoms with Crippen molar-refractivity contribution in [3.63, 3.8) is 0 Å². The molecule has 2 fully saturated rings. The van der Waals surface area contributed by atoms with E-state index in [-0.39, 0.29) is 11.9 Å². The molecule has 2 aromatic carbocycles. The molecule has 5 nitrogen and oxygen atoms in total. The molecule has 6 rings (SSSR count). The van der Waals surface area contributed by atoms with Gasteiger partial charge in [0.25, 0.3) is 0 Å². The highest BCUT2D eigenvalue weighted by molar-refractivity contribution is 5.98. The van der Waals surface area contributed by atoms with Crippen molar-refractivity contribution in [2.75, 3.05) is 13.1 Å². The summed E-state index contributed by atoms with van der Waals surface area (Å²) in [7, 11) is 0. The van der Waals surface area contributed by atoms with Crippen molar-refractivity contribution in [2.24, 2.45) is 0 Å². The Morgan fingerprint density at radius 1 is 0.966 bits per heavy atom. The van der Waals surface area contributed by atoms with Gasteiger partial charge in [-0.05, 0) is 30.5 Å². The molecule has 1 saturated carbocycles. The lowest BCUT2D eigenvalue weighted by Gasteiger charge is -2.27. The molecule has 0 radical (unpaired) electrons. The Hall–Kier alpha value is -3.21. The van der Waals surface area contributed by atoms with Crippen molar-refractivity contribution in [1.29, 1.82) is 0 Å². The lowest BCUT2D eigenvalue weighted by molar-refractivity contribution is -0.134. The predicted octanol–water partition coefficient (Wildman–Crippen LogP) is 3.56. The van der Waals surface area contributed by atoms with Crippen LogP contribution in [0.1, 0.15) is 40.7 Å². The van der Waals surface area contributed by atoms with E-state index in [0.29, 0.717) is 25.1 Å². The highest BCUT2D eigenvalue weighted by Crippen LogP contribution is 2.53. The summed E-state index contributed by atoms with van der Waals surface area (Å²) in [5.41, 5.74) is 2.27. The Morgan fingerprint density at radius 2 is 1.76 bits per heavy atom. The summed E-state index contributed by atoms with van der Waals surface area (Å²) in [6.07, 6.45) is 4.10. The van der Waals surface area contributed by atoms with E-state index in [9.17, 15) is 9.59 Å². The van der Waals surface area contributed by atoms with E-state index < -0.39 is 11.0 Å². The molecule has 2 aliphatic heterocycles. The smallest absolute Gasteiger partial charge is 0.339 e. The summed E-state index contributed by atoms with van der Waals surface area (Å²) in [5, 5.41) is 1.06. The second-order valence-corrected chi connectivity index (χ2v) is 8.37. The standard InChI is InChI=1S/C24H20N2O3/c27-21-17-7-1-2-8-18(17)24(29-21)12-14-26(15-24)22(28)23(10-11-23)19-9-3-5-16-6-4-13-25-20(16)19/h1-9,13H,10-12,14-15H2. The molecule has 144 valence electrons. The SMILES string of the molecule is O=C1OC2(CCN(C(=O)C3(c4cccc5cccnc45)CC3)C2)c2ccccc21. The van der Waals surface area contributed by atoms with Crippen LogP contribution in [-0.2, 0) is 20.5 Å². The monoisotopic (exact) mass is 384 g/mol. The maximum Gasteiger partial charge on any atom is 0.339 e. The van der Waals surface area contributed by atoms with Crippen molar-refractivity contribution in [3.8, 4) is 0 Å². The number of ether oxygens (including phenoxy) is 1. The fourth-order valence-electron chi connectivity index (χ4n) is 5.12. The largest absolute Gasteiger partial charge is 0.449 e. The maximum absolute atomic E-state index is 13.7. The maximum atomic E-state index is 13.7. The zero-order chi connectivity index (χ0) is 19.6. The van der Waals surface area contributed by atoms with Crippen LogP contribution in [0.3, 0.4) is 0 Å². The number of rotatable bonds is 2. The van der Waals surface area contributed by atoms with Crippen LogP contribution in [0.25, 0.3) is 10.9 Å². The second-order valence-electron chi connectivity index (χ2n) is 8.37. The van der Waals surface area contributed by atoms with Gasteiger partial charge in [0.1, 0.15) is 0 Å². The first-order valence-corrected chi connectivity index (χ1v) is 10.1. The number of likely N-dealkylation sites (tertiary alicyclic amines) is 1. The van der Waals surface area contributed by atoms with Gasteiger partial charge in [-0.2, -0.15) is 0 Å². The Balaban J connectivity index is 1.35. The number of carbonyl (C=O) groups is 2. The first-order valence-electron chi connectivity index (χ1n) is 10.1. The molecular formula is C24H20N2O3. The molecule has 3 heterocycles. The quantitative estimate of drug-likeness (QED) is 0.634. The molecule has 1 spiro atoms. The number of hydrogen-bond donors (Lipinski definition) is 0. The number of hydrogen-bond acceptors (Lipinski definition) is 4. The van der Waals surface area contributed by atoms with Gasteiger partial charge in [0.05, 0.1) is 23.0 Å². The third kappa shape index (κ3) is 2.24. The highest BCUT2D eigenvalue weighted by Gasteiger charge is 2.58. The van der Waals surface area contributed by atoms with Crippen molar-refractivity contribution >= 4 is 22.8 Å². The lowest BCUT2D eigenvalue weighted by Crippen LogP contribution is -2.40. The minimum Gasteiger partial charge on any atom is -0.449 e. The van der Waals surface area contributed by atoms with E-state index in [1.54, 1.807) is 12.3 Å². The predicted molar refractivity (Wildman–Crippen MR) is 107 cm³/mol. The average molecular weight is 384 g/mol. The van der Waals surface area contributed by atoms with Gasteiger partial charge in [-0.15, -0.1) is 0 Å². The van der Waals surface area contributed by atoms with E-state index in [2.05, 4.69) is 4.98 Å². The minimum absolute atomic E-state index is 0.132. The van der Waals surface area contributed by atoms with Crippen LogP contribution in [0.4, 0.5) is 0 Å². The number of aromatic nitrogens is 1. The number of amides is 1. The summed E-state index contributed by atoms with van der Waals surface area (Å²) in [5.74, 6) is -0.151. The first-order chi connectivity index (χ1) is 14.1. The molecule has 1 amide bonds. The van der Waals surface area contributed by atoms with E-state index in [4.69, 9.17) is 4.74 Å². The Kier molecular flexibility index (Phi) is 3.26. The van der Waals surface area contributed by atoms with Gasteiger partial charge in [0, 0.05) is 30.1 Å². The number of nitrogens with zero attached hydrogens (tertiary/aromatic N) is 2.